The summed E-state index contributed by atoms with van der Waals surface area (Å²) in [5.74, 6) is -0.729. The summed E-state index contributed by atoms with van der Waals surface area (Å²) >= 11 is 3.23. The van der Waals surface area contributed by atoms with E-state index in [-0.39, 0.29) is 11.3 Å². The number of Topliss-reactive ketones (excluding diaryl/α,β-unsaturated/α-hetero) is 1. The molecule has 1 N–H and O–H groups in total. The minimum atomic E-state index is -0.754. The third-order valence-corrected chi connectivity index (χ3v) is 2.85. The molecule has 0 atom stereocenters. The summed E-state index contributed by atoms with van der Waals surface area (Å²) in [5, 5.41) is 3.04. The maximum Gasteiger partial charge on any atom is 0.185 e. The minimum absolute atomic E-state index is 0.111. The topological polar surface area (TPSA) is 29.1 Å². The quantitative estimate of drug-likeness (QED) is 0.862. The van der Waals surface area contributed by atoms with Gasteiger partial charge >= 0.3 is 0 Å². The second-order valence-electron chi connectivity index (χ2n) is 4.11. The zero-order valence-corrected chi connectivity index (χ0v) is 11.2. The van der Waals surface area contributed by atoms with E-state index in [4.69, 9.17) is 0 Å². The van der Waals surface area contributed by atoms with Gasteiger partial charge < -0.3 is 5.32 Å². The van der Waals surface area contributed by atoms with Gasteiger partial charge in [-0.15, -0.1) is 0 Å². The summed E-state index contributed by atoms with van der Waals surface area (Å²) < 4.78 is 14.2. The van der Waals surface area contributed by atoms with Gasteiger partial charge in [-0.2, -0.15) is 0 Å². The number of hydrogen-bond donors (Lipinski definition) is 1. The molecule has 0 saturated carbocycles. The number of hydrogen-bond acceptors (Lipinski definition) is 2. The van der Waals surface area contributed by atoms with Crippen LogP contribution in [-0.2, 0) is 0 Å². The molecule has 16 heavy (non-hydrogen) atoms. The fraction of sp³-hybridized carbons (Fsp3) is 0.417. The summed E-state index contributed by atoms with van der Waals surface area (Å²) in [4.78, 5) is 12.1. The van der Waals surface area contributed by atoms with E-state index in [9.17, 15) is 9.18 Å². The van der Waals surface area contributed by atoms with Crippen LogP contribution >= 0.6 is 15.9 Å². The normalized spacial score (nSPS) is 11.6. The van der Waals surface area contributed by atoms with Crippen molar-refractivity contribution in [3.63, 3.8) is 0 Å². The summed E-state index contributed by atoms with van der Waals surface area (Å²) in [6.07, 6.45) is 0. The first kappa shape index (κ1) is 13.3. The molecule has 0 heterocycles. The van der Waals surface area contributed by atoms with Crippen LogP contribution in [0.2, 0.25) is 0 Å². The highest BCUT2D eigenvalue weighted by Crippen LogP contribution is 2.20. The lowest BCUT2D eigenvalue weighted by atomic mass is 9.93. The number of rotatable bonds is 4. The van der Waals surface area contributed by atoms with Crippen LogP contribution in [0.4, 0.5) is 4.39 Å². The van der Waals surface area contributed by atoms with Gasteiger partial charge in [-0.25, -0.2) is 4.39 Å². The molecule has 0 aliphatic heterocycles. The average Bonchev–Trinajstić information content (AvgIpc) is 2.20. The molecule has 1 rings (SSSR count). The van der Waals surface area contributed by atoms with E-state index < -0.39 is 11.4 Å². The van der Waals surface area contributed by atoms with Gasteiger partial charge in [-0.3, -0.25) is 4.79 Å². The molecule has 0 saturated heterocycles. The first-order valence-corrected chi connectivity index (χ1v) is 5.92. The summed E-state index contributed by atoms with van der Waals surface area (Å²) in [7, 11) is 0. The maximum atomic E-state index is 13.5. The van der Waals surface area contributed by atoms with Crippen LogP contribution in [0.1, 0.15) is 31.1 Å². The first-order valence-electron chi connectivity index (χ1n) is 5.13. The van der Waals surface area contributed by atoms with E-state index in [2.05, 4.69) is 21.2 Å². The Morgan fingerprint density at radius 1 is 1.50 bits per heavy atom. The predicted molar refractivity (Wildman–Crippen MR) is 66.2 cm³/mol. The van der Waals surface area contributed by atoms with Crippen molar-refractivity contribution < 1.29 is 9.18 Å². The molecule has 0 aliphatic rings. The molecule has 0 aliphatic carbocycles. The third kappa shape index (κ3) is 2.89. The van der Waals surface area contributed by atoms with Gasteiger partial charge in [0, 0.05) is 4.47 Å². The number of carbonyl (C=O) groups excluding carboxylic acids is 1. The molecule has 0 fully saturated rings. The van der Waals surface area contributed by atoms with Gasteiger partial charge in [0.05, 0.1) is 11.1 Å². The van der Waals surface area contributed by atoms with Crippen LogP contribution < -0.4 is 5.32 Å². The molecule has 0 bridgehead atoms. The van der Waals surface area contributed by atoms with E-state index in [0.717, 1.165) is 0 Å². The molecule has 0 radical (unpaired) electrons. The lowest BCUT2D eigenvalue weighted by Crippen LogP contribution is -2.46. The van der Waals surface area contributed by atoms with Crippen molar-refractivity contribution in [3.05, 3.63) is 34.1 Å². The van der Waals surface area contributed by atoms with Crippen molar-refractivity contribution in [3.8, 4) is 0 Å². The highest BCUT2D eigenvalue weighted by Gasteiger charge is 2.29. The highest BCUT2D eigenvalue weighted by molar-refractivity contribution is 9.10. The third-order valence-electron chi connectivity index (χ3n) is 2.36. The lowest BCUT2D eigenvalue weighted by molar-refractivity contribution is 0.0879. The molecular weight excluding hydrogens is 273 g/mol. The number of benzene rings is 1. The van der Waals surface area contributed by atoms with Crippen LogP contribution in [0.5, 0.6) is 0 Å². The molecule has 88 valence electrons. The molecular formula is C12H15BrFNO. The van der Waals surface area contributed by atoms with Gasteiger partial charge in [0.25, 0.3) is 0 Å². The summed E-state index contributed by atoms with van der Waals surface area (Å²) in [6, 6.07) is 4.38. The van der Waals surface area contributed by atoms with Crippen molar-refractivity contribution in [1.29, 1.82) is 0 Å². The van der Waals surface area contributed by atoms with Gasteiger partial charge in [0.2, 0.25) is 0 Å². The number of carbonyl (C=O) groups is 1. The molecule has 0 spiro atoms. The molecule has 0 amide bonds. The number of halogens is 2. The number of ketones is 1. The Morgan fingerprint density at radius 2 is 2.12 bits per heavy atom. The monoisotopic (exact) mass is 287 g/mol. The molecule has 2 nitrogen and oxygen atoms in total. The Labute approximate surface area is 103 Å². The smallest absolute Gasteiger partial charge is 0.185 e. The van der Waals surface area contributed by atoms with Crippen molar-refractivity contribution in [1.82, 2.24) is 5.32 Å². The van der Waals surface area contributed by atoms with Crippen molar-refractivity contribution in [2.24, 2.45) is 0 Å². The van der Waals surface area contributed by atoms with Gasteiger partial charge in [0.15, 0.2) is 5.78 Å². The maximum absolute atomic E-state index is 13.5. The fourth-order valence-corrected chi connectivity index (χ4v) is 1.89. The zero-order valence-electron chi connectivity index (χ0n) is 9.60. The Balaban J connectivity index is 3.09. The second-order valence-corrected chi connectivity index (χ2v) is 5.02. The van der Waals surface area contributed by atoms with E-state index in [1.165, 1.54) is 12.1 Å². The van der Waals surface area contributed by atoms with Crippen molar-refractivity contribution in [2.75, 3.05) is 6.54 Å². The van der Waals surface area contributed by atoms with Crippen LogP contribution in [0.25, 0.3) is 0 Å². The Kier molecular flexibility index (Phi) is 4.21. The number of likely N-dealkylation sites (N-methyl/N-ethyl adjacent to an activating group) is 1. The van der Waals surface area contributed by atoms with E-state index in [1.54, 1.807) is 19.9 Å². The van der Waals surface area contributed by atoms with Gasteiger partial charge in [-0.05, 0) is 38.6 Å². The van der Waals surface area contributed by atoms with Crippen LogP contribution in [0.15, 0.2) is 22.7 Å². The fourth-order valence-electron chi connectivity index (χ4n) is 1.53. The van der Waals surface area contributed by atoms with Crippen molar-refractivity contribution in [2.45, 2.75) is 26.3 Å². The molecule has 1 aromatic rings. The standard InChI is InChI=1S/C12H15BrFNO/c1-4-15-12(2,3)11(16)9-7-8(13)5-6-10(9)14/h5-7,15H,4H2,1-3H3. The van der Waals surface area contributed by atoms with Gasteiger partial charge in [0.1, 0.15) is 5.82 Å². The first-order chi connectivity index (χ1) is 7.38. The number of nitrogens with one attached hydrogen (secondary N) is 1. The molecule has 1 aromatic carbocycles. The Bertz CT molecular complexity index is 404. The predicted octanol–water partition coefficient (Wildman–Crippen LogP) is 3.16. The average molecular weight is 288 g/mol. The Hall–Kier alpha value is -0.740. The SMILES string of the molecule is CCNC(C)(C)C(=O)c1cc(Br)ccc1F. The van der Waals surface area contributed by atoms with E-state index in [1.807, 2.05) is 6.92 Å². The molecule has 0 unspecified atom stereocenters. The van der Waals surface area contributed by atoms with E-state index in [0.29, 0.717) is 11.0 Å². The largest absolute Gasteiger partial charge is 0.305 e. The highest BCUT2D eigenvalue weighted by atomic mass is 79.9. The summed E-state index contributed by atoms with van der Waals surface area (Å²) in [5.41, 5.74) is -0.642. The second kappa shape index (κ2) is 5.06. The van der Waals surface area contributed by atoms with Crippen LogP contribution in [0.3, 0.4) is 0 Å². The summed E-state index contributed by atoms with van der Waals surface area (Å²) in [6.45, 7) is 6.07. The van der Waals surface area contributed by atoms with Crippen molar-refractivity contribution >= 4 is 21.7 Å². The van der Waals surface area contributed by atoms with E-state index >= 15 is 0 Å². The zero-order chi connectivity index (χ0) is 12.3. The minimum Gasteiger partial charge on any atom is -0.305 e. The lowest BCUT2D eigenvalue weighted by Gasteiger charge is -2.24. The van der Waals surface area contributed by atoms with Gasteiger partial charge in [-0.1, -0.05) is 22.9 Å². The Morgan fingerprint density at radius 3 is 2.69 bits per heavy atom. The van der Waals surface area contributed by atoms with Crippen LogP contribution in [-0.4, -0.2) is 17.9 Å². The van der Waals surface area contributed by atoms with Crippen LogP contribution in [0, 0.1) is 5.82 Å². The molecule has 4 heteroatoms. The molecule has 0 aromatic heterocycles.